The van der Waals surface area contributed by atoms with Crippen LogP contribution in [0.5, 0.6) is 5.75 Å². The summed E-state index contributed by atoms with van der Waals surface area (Å²) in [4.78, 5) is 27.7. The molecule has 0 radical (unpaired) electrons. The van der Waals surface area contributed by atoms with Crippen molar-refractivity contribution in [3.05, 3.63) is 24.3 Å². The molecule has 1 unspecified atom stereocenters. The van der Waals surface area contributed by atoms with Gasteiger partial charge in [-0.1, -0.05) is 19.1 Å². The maximum Gasteiger partial charge on any atom is 0.279 e. The Morgan fingerprint density at radius 3 is 2.56 bits per heavy atom. The average Bonchev–Trinajstić information content (AvgIpc) is 2.62. The number of nitrogens with one attached hydrogen (secondary N) is 2. The van der Waals surface area contributed by atoms with Gasteiger partial charge in [0.05, 0.1) is 19.3 Å². The van der Waals surface area contributed by atoms with Crippen LogP contribution < -0.4 is 15.0 Å². The number of likely N-dealkylation sites (N-methyl/N-ethyl adjacent to an activating group) is 1. The van der Waals surface area contributed by atoms with Gasteiger partial charge in [-0.15, -0.1) is 0 Å². The molecule has 2 amide bonds. The number of quaternary nitrogens is 1. The van der Waals surface area contributed by atoms with E-state index >= 15 is 0 Å². The van der Waals surface area contributed by atoms with Gasteiger partial charge in [-0.05, 0) is 37.8 Å². The van der Waals surface area contributed by atoms with E-state index < -0.39 is 0 Å². The molecule has 25 heavy (non-hydrogen) atoms. The largest absolute Gasteiger partial charge is 0.495 e. The van der Waals surface area contributed by atoms with E-state index in [0.717, 1.165) is 37.4 Å². The summed E-state index contributed by atoms with van der Waals surface area (Å²) in [6.45, 7) is 7.27. The maximum atomic E-state index is 12.5. The second-order valence-electron chi connectivity index (χ2n) is 6.77. The number of para-hydroxylation sites is 2. The van der Waals surface area contributed by atoms with Crippen LogP contribution in [0.25, 0.3) is 0 Å². The van der Waals surface area contributed by atoms with Crippen LogP contribution in [0.1, 0.15) is 26.7 Å². The van der Waals surface area contributed by atoms with Crippen LogP contribution in [0.3, 0.4) is 0 Å². The molecule has 0 aromatic heterocycles. The number of anilines is 1. The van der Waals surface area contributed by atoms with Crippen molar-refractivity contribution >= 4 is 17.5 Å². The van der Waals surface area contributed by atoms with Crippen LogP contribution in [-0.4, -0.2) is 56.5 Å². The summed E-state index contributed by atoms with van der Waals surface area (Å²) in [6.07, 6.45) is 2.14. The van der Waals surface area contributed by atoms with Gasteiger partial charge in [-0.3, -0.25) is 9.59 Å². The maximum absolute atomic E-state index is 12.5. The zero-order valence-corrected chi connectivity index (χ0v) is 15.5. The Labute approximate surface area is 150 Å². The first kappa shape index (κ1) is 19.2. The summed E-state index contributed by atoms with van der Waals surface area (Å²) in [5, 5.41) is 2.88. The van der Waals surface area contributed by atoms with E-state index in [-0.39, 0.29) is 18.4 Å². The number of piperidine rings is 1. The first-order valence-electron chi connectivity index (χ1n) is 9.07. The Hall–Kier alpha value is -2.08. The van der Waals surface area contributed by atoms with Gasteiger partial charge >= 0.3 is 0 Å². The zero-order valence-electron chi connectivity index (χ0n) is 15.5. The van der Waals surface area contributed by atoms with Gasteiger partial charge < -0.3 is 19.9 Å². The minimum atomic E-state index is -0.110. The van der Waals surface area contributed by atoms with Crippen molar-refractivity contribution in [1.82, 2.24) is 4.90 Å². The molecule has 0 bridgehead atoms. The molecule has 1 fully saturated rings. The summed E-state index contributed by atoms with van der Waals surface area (Å²) < 4.78 is 5.25. The van der Waals surface area contributed by atoms with Crippen LogP contribution in [0.4, 0.5) is 5.69 Å². The molecule has 0 spiro atoms. The molecule has 1 aromatic rings. The fraction of sp³-hybridized carbons (Fsp3) is 0.579. The van der Waals surface area contributed by atoms with Gasteiger partial charge in [-0.2, -0.15) is 0 Å². The van der Waals surface area contributed by atoms with Gasteiger partial charge in [-0.25, -0.2) is 0 Å². The highest BCUT2D eigenvalue weighted by molar-refractivity contribution is 5.93. The van der Waals surface area contributed by atoms with E-state index in [2.05, 4.69) is 12.2 Å². The van der Waals surface area contributed by atoms with E-state index in [1.807, 2.05) is 30.0 Å². The summed E-state index contributed by atoms with van der Waals surface area (Å²) in [5.41, 5.74) is 0.654. The van der Waals surface area contributed by atoms with E-state index in [4.69, 9.17) is 4.74 Å². The minimum absolute atomic E-state index is 0.110. The third-order valence-electron chi connectivity index (χ3n) is 4.83. The molecule has 2 N–H and O–H groups in total. The summed E-state index contributed by atoms with van der Waals surface area (Å²) in [6, 6.07) is 7.32. The number of hydrogen-bond acceptors (Lipinski definition) is 3. The lowest BCUT2D eigenvalue weighted by Gasteiger charge is -2.31. The summed E-state index contributed by atoms with van der Waals surface area (Å²) in [7, 11) is 1.58. The highest BCUT2D eigenvalue weighted by Crippen LogP contribution is 2.22. The van der Waals surface area contributed by atoms with Crippen LogP contribution in [0.15, 0.2) is 24.3 Å². The van der Waals surface area contributed by atoms with E-state index in [1.165, 1.54) is 0 Å². The molecule has 138 valence electrons. The molecule has 2 rings (SSSR count). The number of rotatable bonds is 7. The Bertz CT molecular complexity index is 583. The standard InChI is InChI=1S/C19H29N3O3/c1-4-21(14-19(24)22-11-9-15(2)10-12-22)13-18(23)20-16-7-5-6-8-17(16)25-3/h5-8,15H,4,9-14H2,1-3H3,(H,20,23)/p+1. The number of amides is 2. The second kappa shape index (κ2) is 9.42. The molecular formula is C19H30N3O3+. The Morgan fingerprint density at radius 1 is 1.24 bits per heavy atom. The molecule has 6 heteroatoms. The minimum Gasteiger partial charge on any atom is -0.495 e. The molecule has 1 aromatic carbocycles. The van der Waals surface area contributed by atoms with Crippen molar-refractivity contribution < 1.29 is 19.2 Å². The van der Waals surface area contributed by atoms with Crippen LogP contribution >= 0.6 is 0 Å². The van der Waals surface area contributed by atoms with Crippen molar-refractivity contribution in [3.63, 3.8) is 0 Å². The quantitative estimate of drug-likeness (QED) is 0.766. The van der Waals surface area contributed by atoms with E-state index in [1.54, 1.807) is 13.2 Å². The van der Waals surface area contributed by atoms with Crippen molar-refractivity contribution in [1.29, 1.82) is 0 Å². The van der Waals surface area contributed by atoms with Gasteiger partial charge in [0, 0.05) is 13.1 Å². The number of nitrogens with zero attached hydrogens (tertiary/aromatic N) is 1. The Balaban J connectivity index is 1.86. The Kier molecular flexibility index (Phi) is 7.25. The highest BCUT2D eigenvalue weighted by Gasteiger charge is 2.24. The van der Waals surface area contributed by atoms with Crippen molar-refractivity contribution in [2.45, 2.75) is 26.7 Å². The molecule has 1 atom stereocenters. The highest BCUT2D eigenvalue weighted by atomic mass is 16.5. The van der Waals surface area contributed by atoms with Gasteiger partial charge in [0.15, 0.2) is 13.1 Å². The lowest BCUT2D eigenvalue weighted by Crippen LogP contribution is -3.14. The number of carbonyl (C=O) groups excluding carboxylic acids is 2. The zero-order chi connectivity index (χ0) is 18.2. The third kappa shape index (κ3) is 5.74. The number of methoxy groups -OCH3 is 1. The van der Waals surface area contributed by atoms with Gasteiger partial charge in [0.25, 0.3) is 11.8 Å². The third-order valence-corrected chi connectivity index (χ3v) is 4.83. The molecule has 1 aliphatic heterocycles. The second-order valence-corrected chi connectivity index (χ2v) is 6.77. The van der Waals surface area contributed by atoms with Crippen molar-refractivity contribution in [3.8, 4) is 5.75 Å². The lowest BCUT2D eigenvalue weighted by atomic mass is 9.99. The molecular weight excluding hydrogens is 318 g/mol. The average molecular weight is 348 g/mol. The number of hydrogen-bond donors (Lipinski definition) is 2. The van der Waals surface area contributed by atoms with E-state index in [0.29, 0.717) is 23.9 Å². The van der Waals surface area contributed by atoms with Crippen molar-refractivity contribution in [2.75, 3.05) is 45.2 Å². The monoisotopic (exact) mass is 348 g/mol. The van der Waals surface area contributed by atoms with Crippen LogP contribution in [0.2, 0.25) is 0 Å². The van der Waals surface area contributed by atoms with Gasteiger partial charge in [0.2, 0.25) is 0 Å². The predicted molar refractivity (Wildman–Crippen MR) is 97.8 cm³/mol. The molecule has 1 aliphatic rings. The first-order valence-corrected chi connectivity index (χ1v) is 9.07. The lowest BCUT2D eigenvalue weighted by molar-refractivity contribution is -0.882. The smallest absolute Gasteiger partial charge is 0.279 e. The van der Waals surface area contributed by atoms with Gasteiger partial charge in [0.1, 0.15) is 5.75 Å². The van der Waals surface area contributed by atoms with Crippen molar-refractivity contribution in [2.24, 2.45) is 5.92 Å². The predicted octanol–water partition coefficient (Wildman–Crippen LogP) is 0.797. The fourth-order valence-electron chi connectivity index (χ4n) is 3.07. The van der Waals surface area contributed by atoms with E-state index in [9.17, 15) is 9.59 Å². The topological polar surface area (TPSA) is 63.1 Å². The SMILES string of the molecule is CC[NH+](CC(=O)Nc1ccccc1OC)CC(=O)N1CCC(C)CC1. The summed E-state index contributed by atoms with van der Waals surface area (Å²) in [5.74, 6) is 1.37. The number of ether oxygens (including phenoxy) is 1. The Morgan fingerprint density at radius 2 is 1.92 bits per heavy atom. The normalized spacial score (nSPS) is 16.4. The van der Waals surface area contributed by atoms with Crippen LogP contribution in [0, 0.1) is 5.92 Å². The molecule has 6 nitrogen and oxygen atoms in total. The fourth-order valence-corrected chi connectivity index (χ4v) is 3.07. The molecule has 0 saturated carbocycles. The number of carbonyl (C=O) groups is 2. The first-order chi connectivity index (χ1) is 12.0. The van der Waals surface area contributed by atoms with Crippen LogP contribution in [-0.2, 0) is 9.59 Å². The molecule has 1 saturated heterocycles. The molecule has 0 aliphatic carbocycles. The number of benzene rings is 1. The number of likely N-dealkylation sites (tertiary alicyclic amines) is 1. The molecule has 1 heterocycles. The summed E-state index contributed by atoms with van der Waals surface area (Å²) >= 11 is 0.